The Bertz CT molecular complexity index is 918. The quantitative estimate of drug-likeness (QED) is 0.359. The second-order valence-corrected chi connectivity index (χ2v) is 7.30. The maximum absolute atomic E-state index is 9.78. The van der Waals surface area contributed by atoms with Crippen LogP contribution < -0.4 is 9.47 Å². The molecule has 0 spiro atoms. The zero-order valence-corrected chi connectivity index (χ0v) is 21.3. The van der Waals surface area contributed by atoms with Crippen LogP contribution in [0.5, 0.6) is 17.5 Å². The van der Waals surface area contributed by atoms with Gasteiger partial charge in [0.2, 0.25) is 0 Å². The molecule has 30 heavy (non-hydrogen) atoms. The van der Waals surface area contributed by atoms with E-state index in [9.17, 15) is 5.11 Å². The first-order valence-corrected chi connectivity index (χ1v) is 11.3. The van der Waals surface area contributed by atoms with E-state index in [4.69, 9.17) is 21.1 Å². The van der Waals surface area contributed by atoms with Gasteiger partial charge in [0.25, 0.3) is 0 Å². The van der Waals surface area contributed by atoms with Gasteiger partial charge in [-0.2, -0.15) is 0 Å². The van der Waals surface area contributed by atoms with E-state index < -0.39 is 0 Å². The van der Waals surface area contributed by atoms with Crippen molar-refractivity contribution in [1.29, 1.82) is 0 Å². The Morgan fingerprint density at radius 3 is 2.17 bits per heavy atom. The number of ether oxygens (including phenoxy) is 2. The minimum absolute atomic E-state index is 0.116. The van der Waals surface area contributed by atoms with E-state index in [2.05, 4.69) is 47.0 Å². The number of hydrogen-bond acceptors (Lipinski definition) is 6. The van der Waals surface area contributed by atoms with Crippen LogP contribution in [0.25, 0.3) is 11.3 Å². The first kappa shape index (κ1) is 26.1. The van der Waals surface area contributed by atoms with Crippen LogP contribution in [0.1, 0.15) is 33.3 Å². The molecular formula is C21H24Br2ClN3O3. The first-order chi connectivity index (χ1) is 14.5. The van der Waals surface area contributed by atoms with Gasteiger partial charge >= 0.3 is 6.01 Å². The summed E-state index contributed by atoms with van der Waals surface area (Å²) in [6.45, 7) is 8.20. The molecule has 0 bridgehead atoms. The Morgan fingerprint density at radius 2 is 1.63 bits per heavy atom. The minimum atomic E-state index is 0.116. The number of nitrogens with zero attached hydrogens (tertiary/aromatic N) is 3. The molecule has 0 unspecified atom stereocenters. The van der Waals surface area contributed by atoms with Gasteiger partial charge < -0.3 is 14.6 Å². The number of halogens is 3. The van der Waals surface area contributed by atoms with Crippen molar-refractivity contribution in [2.75, 3.05) is 7.11 Å². The number of aromatic nitrogens is 3. The molecule has 0 atom stereocenters. The van der Waals surface area contributed by atoms with E-state index >= 15 is 0 Å². The van der Waals surface area contributed by atoms with Crippen molar-refractivity contribution in [3.8, 4) is 28.8 Å². The number of hydrogen-bond donors (Lipinski definition) is 1. The number of methoxy groups -OCH3 is 1. The van der Waals surface area contributed by atoms with Crippen LogP contribution in [-0.4, -0.2) is 27.4 Å². The Kier molecular flexibility index (Phi) is 11.7. The lowest BCUT2D eigenvalue weighted by molar-refractivity contribution is 0.270. The molecule has 3 rings (SSSR count). The van der Waals surface area contributed by atoms with E-state index in [1.54, 1.807) is 43.6 Å². The second-order valence-electron chi connectivity index (χ2n) is 5.16. The molecule has 0 saturated heterocycles. The molecule has 0 amide bonds. The van der Waals surface area contributed by atoms with Gasteiger partial charge in [-0.3, -0.25) is 0 Å². The molecule has 0 radical (unpaired) electrons. The Hall–Kier alpha value is -1.90. The molecular weight excluding hydrogens is 538 g/mol. The minimum Gasteiger partial charge on any atom is -0.506 e. The summed E-state index contributed by atoms with van der Waals surface area (Å²) in [5, 5.41) is 18.5. The van der Waals surface area contributed by atoms with Crippen LogP contribution in [0.4, 0.5) is 0 Å². The van der Waals surface area contributed by atoms with Crippen molar-refractivity contribution in [1.82, 2.24) is 15.2 Å². The fourth-order valence-corrected chi connectivity index (χ4v) is 3.56. The Balaban J connectivity index is 0.00000106. The third kappa shape index (κ3) is 7.11. The molecule has 3 aromatic rings. The highest BCUT2D eigenvalue weighted by Crippen LogP contribution is 2.36. The molecule has 9 heteroatoms. The smallest absolute Gasteiger partial charge is 0.336 e. The second kappa shape index (κ2) is 13.4. The summed E-state index contributed by atoms with van der Waals surface area (Å²) < 4.78 is 11.9. The average Bonchev–Trinajstić information content (AvgIpc) is 2.79. The summed E-state index contributed by atoms with van der Waals surface area (Å²) in [4.78, 5) is 4.17. The fourth-order valence-electron chi connectivity index (χ4n) is 2.18. The lowest BCUT2D eigenvalue weighted by Gasteiger charge is -2.09. The fraction of sp³-hybridized carbons (Fsp3) is 0.286. The van der Waals surface area contributed by atoms with Crippen LogP contribution in [0.3, 0.4) is 0 Å². The van der Waals surface area contributed by atoms with Crippen molar-refractivity contribution in [2.45, 2.75) is 34.3 Å². The average molecular weight is 562 g/mol. The molecule has 0 aliphatic heterocycles. The van der Waals surface area contributed by atoms with Crippen LogP contribution in [0, 0.1) is 0 Å². The number of aromatic hydroxyl groups is 1. The summed E-state index contributed by atoms with van der Waals surface area (Å²) >= 11 is 12.6. The predicted molar refractivity (Wildman–Crippen MR) is 127 cm³/mol. The van der Waals surface area contributed by atoms with E-state index in [-0.39, 0.29) is 18.4 Å². The van der Waals surface area contributed by atoms with Crippen LogP contribution in [0.2, 0.25) is 5.02 Å². The first-order valence-electron chi connectivity index (χ1n) is 9.31. The number of phenolic OH excluding ortho intramolecular Hbond substituents is 1. The Labute approximate surface area is 198 Å². The SMILES string of the molecule is CC.CC.COc1ccc(Cl)cc1COc1ncc(-c2cc(Br)c(O)c(Br)c2)nn1. The summed E-state index contributed by atoms with van der Waals surface area (Å²) in [5.41, 5.74) is 2.06. The maximum atomic E-state index is 9.78. The zero-order valence-electron chi connectivity index (χ0n) is 17.4. The highest BCUT2D eigenvalue weighted by molar-refractivity contribution is 9.11. The molecule has 0 aliphatic carbocycles. The molecule has 6 nitrogen and oxygen atoms in total. The van der Waals surface area contributed by atoms with Crippen LogP contribution in [0.15, 0.2) is 45.5 Å². The van der Waals surface area contributed by atoms with Crippen molar-refractivity contribution in [2.24, 2.45) is 0 Å². The normalized spacial score (nSPS) is 9.60. The highest BCUT2D eigenvalue weighted by Gasteiger charge is 2.11. The van der Waals surface area contributed by atoms with E-state index in [0.717, 1.165) is 11.1 Å². The van der Waals surface area contributed by atoms with Gasteiger partial charge in [-0.05, 0) is 62.2 Å². The molecule has 162 valence electrons. The van der Waals surface area contributed by atoms with E-state index in [1.165, 1.54) is 0 Å². The number of rotatable bonds is 5. The predicted octanol–water partition coefficient (Wildman–Crippen LogP) is 7.06. The topological polar surface area (TPSA) is 77.4 Å². The highest BCUT2D eigenvalue weighted by atomic mass is 79.9. The largest absolute Gasteiger partial charge is 0.506 e. The van der Waals surface area contributed by atoms with Crippen LogP contribution in [-0.2, 0) is 6.61 Å². The molecule has 0 saturated carbocycles. The summed E-state index contributed by atoms with van der Waals surface area (Å²) in [5.74, 6) is 0.780. The van der Waals surface area contributed by atoms with Gasteiger partial charge in [0, 0.05) is 16.1 Å². The van der Waals surface area contributed by atoms with Crippen molar-refractivity contribution < 1.29 is 14.6 Å². The molecule has 0 fully saturated rings. The van der Waals surface area contributed by atoms with Crippen molar-refractivity contribution in [3.05, 3.63) is 56.1 Å². The molecule has 1 heterocycles. The number of phenols is 1. The van der Waals surface area contributed by atoms with Gasteiger partial charge in [0.15, 0.2) is 0 Å². The van der Waals surface area contributed by atoms with Gasteiger partial charge in [-0.1, -0.05) is 44.4 Å². The van der Waals surface area contributed by atoms with E-state index in [0.29, 0.717) is 25.4 Å². The standard InChI is InChI=1S/C17H12Br2ClN3O3.2C2H6/c1-25-15-3-2-11(20)4-10(15)8-26-17-21-7-14(22-23-17)9-5-12(18)16(24)13(19)6-9;2*1-2/h2-7,24H,8H2,1H3;2*1-2H3. The van der Waals surface area contributed by atoms with Gasteiger partial charge in [0.1, 0.15) is 23.8 Å². The molecule has 1 N–H and O–H groups in total. The summed E-state index contributed by atoms with van der Waals surface area (Å²) in [6.07, 6.45) is 1.54. The zero-order chi connectivity index (χ0) is 22.7. The lowest BCUT2D eigenvalue weighted by atomic mass is 10.1. The van der Waals surface area contributed by atoms with E-state index in [1.807, 2.05) is 27.7 Å². The summed E-state index contributed by atoms with van der Waals surface area (Å²) in [7, 11) is 1.58. The van der Waals surface area contributed by atoms with Gasteiger partial charge in [0.05, 0.1) is 22.3 Å². The third-order valence-electron chi connectivity index (χ3n) is 3.45. The molecule has 1 aromatic heterocycles. The summed E-state index contributed by atoms with van der Waals surface area (Å²) in [6, 6.07) is 8.85. The van der Waals surface area contributed by atoms with Crippen LogP contribution >= 0.6 is 43.5 Å². The third-order valence-corrected chi connectivity index (χ3v) is 4.90. The van der Waals surface area contributed by atoms with Crippen molar-refractivity contribution >= 4 is 43.5 Å². The molecule has 2 aromatic carbocycles. The number of benzene rings is 2. The maximum Gasteiger partial charge on any atom is 0.336 e. The molecule has 0 aliphatic rings. The van der Waals surface area contributed by atoms with Crippen molar-refractivity contribution in [3.63, 3.8) is 0 Å². The lowest BCUT2D eigenvalue weighted by Crippen LogP contribution is -2.03. The Morgan fingerprint density at radius 1 is 1.00 bits per heavy atom. The van der Waals surface area contributed by atoms with Gasteiger partial charge in [-0.25, -0.2) is 4.98 Å². The van der Waals surface area contributed by atoms with Gasteiger partial charge in [-0.15, -0.1) is 5.10 Å². The monoisotopic (exact) mass is 559 g/mol.